The van der Waals surface area contributed by atoms with Gasteiger partial charge in [-0.1, -0.05) is 188 Å². The zero-order valence-corrected chi connectivity index (χ0v) is 36.0. The maximum Gasteiger partial charge on any atom is 0.179 e. The van der Waals surface area contributed by atoms with Crippen LogP contribution in [-0.2, 0) is 0 Å². The summed E-state index contributed by atoms with van der Waals surface area (Å²) in [5, 5.41) is 12.9. The number of para-hydroxylation sites is 4. The number of fused-ring (bicyclic) bond motifs is 9. The second-order valence-electron chi connectivity index (χ2n) is 16.8. The minimum atomic E-state index is -2.68. The quantitative estimate of drug-likeness (QED) is 0.112. The largest absolute Gasteiger partial charge is 0.309 e. The Bertz CT molecular complexity index is 3730. The van der Waals surface area contributed by atoms with Gasteiger partial charge in [0.05, 0.1) is 38.8 Å². The van der Waals surface area contributed by atoms with E-state index in [2.05, 4.69) is 262 Å². The van der Waals surface area contributed by atoms with E-state index in [-0.39, 0.29) is 0 Å². The standard InChI is InChI=1S/C60H41N3Si/c1-4-19-44(20-5-1)64(45-21-6-2-7-22-45,46-23-8-3-9-24-46)47-38-35-42(36-39-47)61-56-32-17-13-28-52(56)60-57(61)33-18-34-58(60)63-55-31-16-12-27-50(55)51-40-37-43(41-59(51)63)62-53-29-14-10-25-48(53)49-26-11-15-30-54(49)62/h1-41H. The second-order valence-corrected chi connectivity index (χ2v) is 20.7. The summed E-state index contributed by atoms with van der Waals surface area (Å²) >= 11 is 0. The van der Waals surface area contributed by atoms with Crippen molar-refractivity contribution in [1.29, 1.82) is 0 Å². The van der Waals surface area contributed by atoms with Crippen LogP contribution in [0.15, 0.2) is 249 Å². The second kappa shape index (κ2) is 14.5. The van der Waals surface area contributed by atoms with Gasteiger partial charge in [0.15, 0.2) is 8.07 Å². The summed E-state index contributed by atoms with van der Waals surface area (Å²) < 4.78 is 7.39. The van der Waals surface area contributed by atoms with Crippen LogP contribution in [0.2, 0.25) is 0 Å². The number of hydrogen-bond donors (Lipinski definition) is 0. The van der Waals surface area contributed by atoms with Crippen LogP contribution in [0.3, 0.4) is 0 Å². The minimum Gasteiger partial charge on any atom is -0.309 e. The molecule has 13 aromatic rings. The Hall–Kier alpha value is -8.18. The van der Waals surface area contributed by atoms with Crippen LogP contribution in [0.25, 0.3) is 82.5 Å². The fraction of sp³-hybridized carbons (Fsp3) is 0. The van der Waals surface area contributed by atoms with E-state index in [0.29, 0.717) is 0 Å². The zero-order chi connectivity index (χ0) is 42.2. The number of aromatic nitrogens is 3. The molecule has 64 heavy (non-hydrogen) atoms. The molecule has 0 fully saturated rings. The highest BCUT2D eigenvalue weighted by molar-refractivity contribution is 7.19. The van der Waals surface area contributed by atoms with Gasteiger partial charge in [-0.15, -0.1) is 0 Å². The first kappa shape index (κ1) is 36.5. The molecule has 0 aliphatic carbocycles. The molecule has 300 valence electrons. The fourth-order valence-corrected chi connectivity index (χ4v) is 15.7. The first-order chi connectivity index (χ1) is 31.8. The third-order valence-corrected chi connectivity index (χ3v) is 18.4. The summed E-state index contributed by atoms with van der Waals surface area (Å²) in [4.78, 5) is 0. The van der Waals surface area contributed by atoms with Gasteiger partial charge in [0.2, 0.25) is 0 Å². The van der Waals surface area contributed by atoms with Crippen LogP contribution in [0.1, 0.15) is 0 Å². The van der Waals surface area contributed by atoms with Gasteiger partial charge in [-0.2, -0.15) is 0 Å². The van der Waals surface area contributed by atoms with Gasteiger partial charge < -0.3 is 13.7 Å². The maximum atomic E-state index is 2.50. The van der Waals surface area contributed by atoms with E-state index in [1.165, 1.54) is 91.9 Å². The fourth-order valence-electron chi connectivity index (χ4n) is 10.9. The van der Waals surface area contributed by atoms with Gasteiger partial charge >= 0.3 is 0 Å². The molecule has 0 bridgehead atoms. The molecule has 0 amide bonds. The normalized spacial score (nSPS) is 12.1. The average Bonchev–Trinajstić information content (AvgIpc) is 4.01. The van der Waals surface area contributed by atoms with Gasteiger partial charge in [-0.3, -0.25) is 0 Å². The molecule has 0 unspecified atom stereocenters. The third kappa shape index (κ3) is 5.27. The molecule has 13 rings (SSSR count). The van der Waals surface area contributed by atoms with Crippen molar-refractivity contribution in [3.05, 3.63) is 249 Å². The molecule has 0 N–H and O–H groups in total. The van der Waals surface area contributed by atoms with Crippen LogP contribution in [-0.4, -0.2) is 21.8 Å². The monoisotopic (exact) mass is 831 g/mol. The Morgan fingerprint density at radius 2 is 0.609 bits per heavy atom. The van der Waals surface area contributed by atoms with Gasteiger partial charge in [0, 0.05) is 43.7 Å². The molecule has 3 aromatic heterocycles. The molecule has 0 saturated carbocycles. The molecule has 0 radical (unpaired) electrons. The molecule has 3 heterocycles. The predicted octanol–water partition coefficient (Wildman–Crippen LogP) is 12.4. The number of nitrogens with zero attached hydrogens (tertiary/aromatic N) is 3. The Kier molecular flexibility index (Phi) is 8.23. The van der Waals surface area contributed by atoms with Crippen LogP contribution < -0.4 is 20.7 Å². The number of benzene rings is 10. The Morgan fingerprint density at radius 3 is 1.14 bits per heavy atom. The topological polar surface area (TPSA) is 14.8 Å². The highest BCUT2D eigenvalue weighted by Crippen LogP contribution is 2.41. The average molecular weight is 832 g/mol. The summed E-state index contributed by atoms with van der Waals surface area (Å²) in [5.41, 5.74) is 10.6. The summed E-state index contributed by atoms with van der Waals surface area (Å²) in [7, 11) is -2.68. The highest BCUT2D eigenvalue weighted by Gasteiger charge is 2.41. The zero-order valence-electron chi connectivity index (χ0n) is 35.0. The van der Waals surface area contributed by atoms with E-state index in [4.69, 9.17) is 0 Å². The lowest BCUT2D eigenvalue weighted by molar-refractivity contribution is 1.16. The smallest absolute Gasteiger partial charge is 0.179 e. The molecule has 0 spiro atoms. The molecule has 4 heteroatoms. The molecular weight excluding hydrogens is 791 g/mol. The minimum absolute atomic E-state index is 1.14. The summed E-state index contributed by atoms with van der Waals surface area (Å²) in [5.74, 6) is 0. The molecular formula is C60H41N3Si. The highest BCUT2D eigenvalue weighted by atomic mass is 28.3. The van der Waals surface area contributed by atoms with Crippen molar-refractivity contribution in [2.45, 2.75) is 0 Å². The van der Waals surface area contributed by atoms with Gasteiger partial charge in [0.1, 0.15) is 0 Å². The van der Waals surface area contributed by atoms with Gasteiger partial charge in [-0.25, -0.2) is 0 Å². The van der Waals surface area contributed by atoms with Gasteiger partial charge in [0.25, 0.3) is 0 Å². The lowest BCUT2D eigenvalue weighted by Crippen LogP contribution is -2.74. The van der Waals surface area contributed by atoms with Crippen LogP contribution in [0.4, 0.5) is 0 Å². The van der Waals surface area contributed by atoms with Crippen molar-refractivity contribution < 1.29 is 0 Å². The number of rotatable bonds is 7. The van der Waals surface area contributed by atoms with Gasteiger partial charge in [-0.05, 0) is 81.4 Å². The molecule has 0 saturated heterocycles. The SMILES string of the molecule is c1ccc([Si](c2ccccc2)(c2ccccc2)c2ccc(-n3c4ccccc4c4c(-n5c6ccccc6c6ccc(-n7c8ccccc8c8ccccc87)cc65)cccc43)cc2)cc1. The van der Waals surface area contributed by atoms with E-state index in [1.807, 2.05) is 0 Å². The van der Waals surface area contributed by atoms with Crippen molar-refractivity contribution in [2.24, 2.45) is 0 Å². The Labute approximate surface area is 372 Å². The van der Waals surface area contributed by atoms with E-state index < -0.39 is 8.07 Å². The third-order valence-electron chi connectivity index (χ3n) is 13.6. The van der Waals surface area contributed by atoms with Crippen LogP contribution in [0, 0.1) is 0 Å². The van der Waals surface area contributed by atoms with E-state index >= 15 is 0 Å². The van der Waals surface area contributed by atoms with Crippen molar-refractivity contribution in [2.75, 3.05) is 0 Å². The molecule has 0 aliphatic rings. The summed E-state index contributed by atoms with van der Waals surface area (Å²) in [6.07, 6.45) is 0. The molecule has 10 aromatic carbocycles. The lowest BCUT2D eigenvalue weighted by atomic mass is 10.1. The summed E-state index contributed by atoms with van der Waals surface area (Å²) in [6, 6.07) is 92.1. The van der Waals surface area contributed by atoms with Crippen molar-refractivity contribution in [3.63, 3.8) is 0 Å². The van der Waals surface area contributed by atoms with Crippen molar-refractivity contribution in [1.82, 2.24) is 13.7 Å². The maximum absolute atomic E-state index is 2.68. The van der Waals surface area contributed by atoms with E-state index in [0.717, 1.165) is 11.4 Å². The summed E-state index contributed by atoms with van der Waals surface area (Å²) in [6.45, 7) is 0. The first-order valence-electron chi connectivity index (χ1n) is 22.1. The van der Waals surface area contributed by atoms with Crippen LogP contribution >= 0.6 is 0 Å². The lowest BCUT2D eigenvalue weighted by Gasteiger charge is -2.34. The van der Waals surface area contributed by atoms with Crippen LogP contribution in [0.5, 0.6) is 0 Å². The van der Waals surface area contributed by atoms with E-state index in [1.54, 1.807) is 0 Å². The number of hydrogen-bond acceptors (Lipinski definition) is 0. The molecule has 0 atom stereocenters. The molecule has 3 nitrogen and oxygen atoms in total. The Balaban J connectivity index is 1.04. The van der Waals surface area contributed by atoms with E-state index in [9.17, 15) is 0 Å². The van der Waals surface area contributed by atoms with Crippen molar-refractivity contribution in [3.8, 4) is 17.1 Å². The molecule has 0 aliphatic heterocycles. The predicted molar refractivity (Wildman–Crippen MR) is 273 cm³/mol. The van der Waals surface area contributed by atoms with Crippen molar-refractivity contribution >= 4 is 94.2 Å². The Morgan fingerprint density at radius 1 is 0.234 bits per heavy atom. The first-order valence-corrected chi connectivity index (χ1v) is 24.1.